The van der Waals surface area contributed by atoms with Gasteiger partial charge in [-0.15, -0.1) is 0 Å². The normalized spacial score (nSPS) is 15.9. The standard InChI is InChI=1S/C15H23N3O/c1-9(15(2,3)4)8-17-13-7-12-10(5-11(13)16)6-14(19)18-12/h5,7,9,17H,6,8,16H2,1-4H3,(H,18,19). The number of nitrogens with one attached hydrogen (secondary N) is 2. The van der Waals surface area contributed by atoms with E-state index in [1.165, 1.54) is 0 Å². The number of anilines is 3. The molecular weight excluding hydrogens is 238 g/mol. The summed E-state index contributed by atoms with van der Waals surface area (Å²) in [4.78, 5) is 11.3. The Morgan fingerprint density at radius 3 is 2.74 bits per heavy atom. The number of carbonyl (C=O) groups is 1. The SMILES string of the molecule is CC(CNc1cc2c(cc1N)CC(=O)N2)C(C)(C)C. The van der Waals surface area contributed by atoms with Gasteiger partial charge < -0.3 is 16.4 Å². The van der Waals surface area contributed by atoms with Crippen molar-refractivity contribution in [1.29, 1.82) is 0 Å². The fraction of sp³-hybridized carbons (Fsp3) is 0.533. The number of hydrogen-bond donors (Lipinski definition) is 3. The molecule has 0 radical (unpaired) electrons. The van der Waals surface area contributed by atoms with Crippen LogP contribution in [0.4, 0.5) is 17.1 Å². The first-order valence-electron chi connectivity index (χ1n) is 6.73. The quantitative estimate of drug-likeness (QED) is 0.733. The van der Waals surface area contributed by atoms with Gasteiger partial charge in [0, 0.05) is 12.2 Å². The number of benzene rings is 1. The monoisotopic (exact) mass is 261 g/mol. The van der Waals surface area contributed by atoms with Crippen LogP contribution in [0.15, 0.2) is 12.1 Å². The summed E-state index contributed by atoms with van der Waals surface area (Å²) in [5.41, 5.74) is 9.76. The van der Waals surface area contributed by atoms with Gasteiger partial charge in [-0.2, -0.15) is 0 Å². The number of carbonyl (C=O) groups excluding carboxylic acids is 1. The molecule has 0 bridgehead atoms. The molecule has 1 aliphatic heterocycles. The number of hydrogen-bond acceptors (Lipinski definition) is 3. The van der Waals surface area contributed by atoms with Gasteiger partial charge >= 0.3 is 0 Å². The first-order chi connectivity index (χ1) is 8.77. The van der Waals surface area contributed by atoms with Crippen LogP contribution in [0.25, 0.3) is 0 Å². The third kappa shape index (κ3) is 3.00. The second kappa shape index (κ2) is 4.76. The lowest BCUT2D eigenvalue weighted by molar-refractivity contribution is -0.115. The molecule has 1 aromatic carbocycles. The van der Waals surface area contributed by atoms with Crippen molar-refractivity contribution in [3.05, 3.63) is 17.7 Å². The molecule has 1 aromatic rings. The summed E-state index contributed by atoms with van der Waals surface area (Å²) < 4.78 is 0. The zero-order chi connectivity index (χ0) is 14.2. The minimum absolute atomic E-state index is 0.0367. The van der Waals surface area contributed by atoms with Gasteiger partial charge in [0.1, 0.15) is 0 Å². The van der Waals surface area contributed by atoms with Crippen molar-refractivity contribution >= 4 is 23.0 Å². The van der Waals surface area contributed by atoms with Crippen LogP contribution >= 0.6 is 0 Å². The third-order valence-corrected chi connectivity index (χ3v) is 3.98. The van der Waals surface area contributed by atoms with Crippen LogP contribution in [0.2, 0.25) is 0 Å². The molecule has 104 valence electrons. The van der Waals surface area contributed by atoms with E-state index in [0.29, 0.717) is 18.0 Å². The molecule has 2 rings (SSSR count). The molecule has 0 fully saturated rings. The van der Waals surface area contributed by atoms with Crippen molar-refractivity contribution in [2.24, 2.45) is 11.3 Å². The molecule has 1 heterocycles. The van der Waals surface area contributed by atoms with Crippen LogP contribution in [0.5, 0.6) is 0 Å². The van der Waals surface area contributed by atoms with E-state index in [1.54, 1.807) is 0 Å². The Bertz CT molecular complexity index is 503. The van der Waals surface area contributed by atoms with E-state index in [2.05, 4.69) is 38.3 Å². The van der Waals surface area contributed by atoms with Crippen molar-refractivity contribution in [2.45, 2.75) is 34.1 Å². The van der Waals surface area contributed by atoms with E-state index < -0.39 is 0 Å². The van der Waals surface area contributed by atoms with Crippen molar-refractivity contribution in [3.63, 3.8) is 0 Å². The minimum atomic E-state index is 0.0367. The molecule has 0 aliphatic carbocycles. The van der Waals surface area contributed by atoms with Gasteiger partial charge in [-0.25, -0.2) is 0 Å². The highest BCUT2D eigenvalue weighted by Gasteiger charge is 2.22. The highest BCUT2D eigenvalue weighted by Crippen LogP contribution is 2.32. The molecule has 1 atom stereocenters. The second-order valence-electron chi connectivity index (χ2n) is 6.47. The molecule has 0 saturated carbocycles. The van der Waals surface area contributed by atoms with Gasteiger partial charge in [0.2, 0.25) is 5.91 Å². The first kappa shape index (κ1) is 13.7. The smallest absolute Gasteiger partial charge is 0.228 e. The molecular formula is C15H23N3O. The maximum Gasteiger partial charge on any atom is 0.228 e. The summed E-state index contributed by atoms with van der Waals surface area (Å²) in [6, 6.07) is 3.82. The van der Waals surface area contributed by atoms with Gasteiger partial charge in [0.15, 0.2) is 0 Å². The fourth-order valence-electron chi connectivity index (χ4n) is 2.02. The first-order valence-corrected chi connectivity index (χ1v) is 6.73. The number of nitrogens with two attached hydrogens (primary N) is 1. The van der Waals surface area contributed by atoms with Crippen molar-refractivity contribution in [3.8, 4) is 0 Å². The summed E-state index contributed by atoms with van der Waals surface area (Å²) in [6.45, 7) is 9.77. The van der Waals surface area contributed by atoms with Gasteiger partial charge in [-0.3, -0.25) is 4.79 Å². The summed E-state index contributed by atoms with van der Waals surface area (Å²) in [5, 5.41) is 6.24. The third-order valence-electron chi connectivity index (χ3n) is 3.98. The molecule has 0 saturated heterocycles. The number of rotatable bonds is 3. The number of amides is 1. The van der Waals surface area contributed by atoms with Crippen LogP contribution in [0.3, 0.4) is 0 Å². The highest BCUT2D eigenvalue weighted by molar-refractivity contribution is 6.00. The van der Waals surface area contributed by atoms with E-state index in [9.17, 15) is 4.79 Å². The average molecular weight is 261 g/mol. The predicted octanol–water partition coefficient (Wildman–Crippen LogP) is 2.86. The largest absolute Gasteiger partial charge is 0.397 e. The Hall–Kier alpha value is -1.71. The van der Waals surface area contributed by atoms with E-state index in [1.807, 2.05) is 12.1 Å². The molecule has 4 N–H and O–H groups in total. The molecule has 0 spiro atoms. The summed E-state index contributed by atoms with van der Waals surface area (Å²) in [5.74, 6) is 0.560. The van der Waals surface area contributed by atoms with E-state index in [-0.39, 0.29) is 11.3 Å². The molecule has 1 aliphatic rings. The summed E-state index contributed by atoms with van der Waals surface area (Å²) in [7, 11) is 0. The highest BCUT2D eigenvalue weighted by atomic mass is 16.1. The zero-order valence-electron chi connectivity index (χ0n) is 12.1. The van der Waals surface area contributed by atoms with Crippen molar-refractivity contribution in [2.75, 3.05) is 22.9 Å². The van der Waals surface area contributed by atoms with Gasteiger partial charge in [-0.1, -0.05) is 27.7 Å². The van der Waals surface area contributed by atoms with Crippen molar-refractivity contribution < 1.29 is 4.79 Å². The number of fused-ring (bicyclic) bond motifs is 1. The topological polar surface area (TPSA) is 67.1 Å². The van der Waals surface area contributed by atoms with Gasteiger partial charge in [0.25, 0.3) is 0 Å². The van der Waals surface area contributed by atoms with Crippen LogP contribution in [-0.4, -0.2) is 12.5 Å². The van der Waals surface area contributed by atoms with Crippen molar-refractivity contribution in [1.82, 2.24) is 0 Å². The lowest BCUT2D eigenvalue weighted by atomic mass is 9.82. The average Bonchev–Trinajstić information content (AvgIpc) is 2.63. The zero-order valence-corrected chi connectivity index (χ0v) is 12.1. The number of nitrogen functional groups attached to an aromatic ring is 1. The van der Waals surface area contributed by atoms with E-state index >= 15 is 0 Å². The van der Waals surface area contributed by atoms with Crippen LogP contribution < -0.4 is 16.4 Å². The van der Waals surface area contributed by atoms with Crippen LogP contribution in [0, 0.1) is 11.3 Å². The van der Waals surface area contributed by atoms with Gasteiger partial charge in [0.05, 0.1) is 17.8 Å². The van der Waals surface area contributed by atoms with E-state index in [0.717, 1.165) is 23.5 Å². The van der Waals surface area contributed by atoms with Gasteiger partial charge in [-0.05, 0) is 29.0 Å². The molecule has 19 heavy (non-hydrogen) atoms. The van der Waals surface area contributed by atoms with E-state index in [4.69, 9.17) is 5.73 Å². The van der Waals surface area contributed by atoms with Crippen LogP contribution in [-0.2, 0) is 11.2 Å². The minimum Gasteiger partial charge on any atom is -0.397 e. The lowest BCUT2D eigenvalue weighted by Crippen LogP contribution is -2.25. The maximum atomic E-state index is 11.3. The molecule has 1 unspecified atom stereocenters. The Morgan fingerprint density at radius 2 is 2.11 bits per heavy atom. The summed E-state index contributed by atoms with van der Waals surface area (Å²) in [6.07, 6.45) is 0.429. The molecule has 4 nitrogen and oxygen atoms in total. The Balaban J connectivity index is 2.10. The summed E-state index contributed by atoms with van der Waals surface area (Å²) >= 11 is 0. The molecule has 0 aromatic heterocycles. The Morgan fingerprint density at radius 1 is 1.42 bits per heavy atom. The predicted molar refractivity (Wildman–Crippen MR) is 80.3 cm³/mol. The molecule has 4 heteroatoms. The fourth-order valence-corrected chi connectivity index (χ4v) is 2.02. The lowest BCUT2D eigenvalue weighted by Gasteiger charge is -2.28. The Kier molecular flexibility index (Phi) is 3.43. The van der Waals surface area contributed by atoms with Crippen LogP contribution in [0.1, 0.15) is 33.3 Å². The maximum absolute atomic E-state index is 11.3. The Labute approximate surface area is 114 Å². The molecule has 1 amide bonds. The second-order valence-corrected chi connectivity index (χ2v) is 6.47.